The standard InChI is InChI=1S/C27H36N4O/c1-29(2)24-14-13-23-19-26(28-25(23)20-24)27(32)31-17-9-4-3-8-15-30(16-10-18-31)21-22-11-6-5-7-12-22/h5-7,11-14,19-20,28H,3-4,8-10,15-18,21H2,1-2H3. The van der Waals surface area contributed by atoms with E-state index in [4.69, 9.17) is 0 Å². The van der Waals surface area contributed by atoms with Crippen LogP contribution in [-0.2, 0) is 6.54 Å². The normalized spacial score (nSPS) is 16.6. The van der Waals surface area contributed by atoms with Gasteiger partial charge in [0.1, 0.15) is 5.69 Å². The molecule has 0 bridgehead atoms. The van der Waals surface area contributed by atoms with E-state index in [2.05, 4.69) is 68.2 Å². The van der Waals surface area contributed by atoms with Gasteiger partial charge in [-0.15, -0.1) is 0 Å². The molecule has 0 saturated carbocycles. The number of aromatic nitrogens is 1. The molecule has 1 fully saturated rings. The van der Waals surface area contributed by atoms with Crippen LogP contribution in [-0.4, -0.2) is 61.0 Å². The van der Waals surface area contributed by atoms with Crippen LogP contribution in [0.2, 0.25) is 0 Å². The highest BCUT2D eigenvalue weighted by molar-refractivity contribution is 5.98. The van der Waals surface area contributed by atoms with Gasteiger partial charge in [-0.3, -0.25) is 9.69 Å². The van der Waals surface area contributed by atoms with E-state index in [1.165, 1.54) is 24.8 Å². The summed E-state index contributed by atoms with van der Waals surface area (Å²) >= 11 is 0. The lowest BCUT2D eigenvalue weighted by atomic mass is 10.1. The van der Waals surface area contributed by atoms with Crippen molar-refractivity contribution in [3.8, 4) is 0 Å². The second-order valence-corrected chi connectivity index (χ2v) is 9.17. The van der Waals surface area contributed by atoms with Crippen molar-refractivity contribution < 1.29 is 4.79 Å². The van der Waals surface area contributed by atoms with Gasteiger partial charge in [0.05, 0.1) is 0 Å². The quantitative estimate of drug-likeness (QED) is 0.621. The largest absolute Gasteiger partial charge is 0.378 e. The van der Waals surface area contributed by atoms with Gasteiger partial charge >= 0.3 is 0 Å². The van der Waals surface area contributed by atoms with Gasteiger partial charge in [0.2, 0.25) is 0 Å². The Hall–Kier alpha value is -2.79. The topological polar surface area (TPSA) is 42.6 Å². The molecule has 1 N–H and O–H groups in total. The maximum Gasteiger partial charge on any atom is 0.270 e. The van der Waals surface area contributed by atoms with Crippen molar-refractivity contribution in [1.82, 2.24) is 14.8 Å². The number of fused-ring (bicyclic) bond motifs is 1. The van der Waals surface area contributed by atoms with E-state index < -0.39 is 0 Å². The second-order valence-electron chi connectivity index (χ2n) is 9.17. The summed E-state index contributed by atoms with van der Waals surface area (Å²) in [5.41, 5.74) is 4.22. The average molecular weight is 433 g/mol. The van der Waals surface area contributed by atoms with E-state index in [9.17, 15) is 4.79 Å². The number of carbonyl (C=O) groups excluding carboxylic acids is 1. The van der Waals surface area contributed by atoms with Crippen LogP contribution in [0.5, 0.6) is 0 Å². The molecule has 1 amide bonds. The number of anilines is 1. The van der Waals surface area contributed by atoms with E-state index in [0.29, 0.717) is 5.69 Å². The molecule has 1 saturated heterocycles. The van der Waals surface area contributed by atoms with Crippen LogP contribution in [0.15, 0.2) is 54.6 Å². The minimum Gasteiger partial charge on any atom is -0.378 e. The Labute approximate surface area is 192 Å². The first-order chi connectivity index (χ1) is 15.6. The van der Waals surface area contributed by atoms with Crippen molar-refractivity contribution in [1.29, 1.82) is 0 Å². The van der Waals surface area contributed by atoms with Gasteiger partial charge in [-0.2, -0.15) is 0 Å². The number of benzene rings is 2. The number of amides is 1. The number of nitrogens with one attached hydrogen (secondary N) is 1. The first-order valence-electron chi connectivity index (χ1n) is 12.0. The highest BCUT2D eigenvalue weighted by Crippen LogP contribution is 2.22. The number of aromatic amines is 1. The number of carbonyl (C=O) groups is 1. The summed E-state index contributed by atoms with van der Waals surface area (Å²) in [5, 5.41) is 1.09. The first-order valence-corrected chi connectivity index (χ1v) is 12.0. The van der Waals surface area contributed by atoms with Crippen LogP contribution in [0.4, 0.5) is 5.69 Å². The zero-order valence-electron chi connectivity index (χ0n) is 19.5. The number of hydrogen-bond donors (Lipinski definition) is 1. The molecule has 0 aliphatic carbocycles. The molecule has 5 nitrogen and oxygen atoms in total. The SMILES string of the molecule is CN(C)c1ccc2cc(C(=O)N3CCCCCCN(Cc4ccccc4)CCC3)[nH]c2c1. The molecule has 0 unspecified atom stereocenters. The molecule has 0 spiro atoms. The fraction of sp³-hybridized carbons (Fsp3) is 0.444. The van der Waals surface area contributed by atoms with Gasteiger partial charge in [-0.1, -0.05) is 49.2 Å². The van der Waals surface area contributed by atoms with Crippen LogP contribution in [0.25, 0.3) is 10.9 Å². The molecule has 1 aliphatic rings. The Kier molecular flexibility index (Phi) is 7.48. The Morgan fingerprint density at radius 1 is 0.875 bits per heavy atom. The van der Waals surface area contributed by atoms with Gasteiger partial charge in [-0.25, -0.2) is 0 Å². The second kappa shape index (κ2) is 10.7. The number of nitrogens with zero attached hydrogens (tertiary/aromatic N) is 3. The van der Waals surface area contributed by atoms with E-state index in [-0.39, 0.29) is 5.91 Å². The lowest BCUT2D eigenvalue weighted by Crippen LogP contribution is -2.35. The molecule has 170 valence electrons. The predicted octanol–water partition coefficient (Wildman–Crippen LogP) is 5.14. The van der Waals surface area contributed by atoms with Gasteiger partial charge in [0, 0.05) is 56.9 Å². The summed E-state index contributed by atoms with van der Waals surface area (Å²) in [5.74, 6) is 0.126. The van der Waals surface area contributed by atoms with Crippen LogP contribution >= 0.6 is 0 Å². The van der Waals surface area contributed by atoms with Crippen molar-refractivity contribution in [3.05, 3.63) is 65.9 Å². The third-order valence-electron chi connectivity index (χ3n) is 6.44. The molecule has 2 aromatic carbocycles. The van der Waals surface area contributed by atoms with Gasteiger partial charge < -0.3 is 14.8 Å². The third kappa shape index (κ3) is 5.71. The Balaban J connectivity index is 1.44. The fourth-order valence-electron chi connectivity index (χ4n) is 4.58. The summed E-state index contributed by atoms with van der Waals surface area (Å²) < 4.78 is 0. The number of H-pyrrole nitrogens is 1. The maximum absolute atomic E-state index is 13.4. The van der Waals surface area contributed by atoms with Crippen molar-refractivity contribution in [2.45, 2.75) is 38.6 Å². The van der Waals surface area contributed by atoms with E-state index in [0.717, 1.165) is 62.2 Å². The van der Waals surface area contributed by atoms with E-state index >= 15 is 0 Å². The Bertz CT molecular complexity index is 1010. The Morgan fingerprint density at radius 3 is 2.38 bits per heavy atom. The van der Waals surface area contributed by atoms with Crippen LogP contribution in [0.3, 0.4) is 0 Å². The summed E-state index contributed by atoms with van der Waals surface area (Å²) in [6.07, 6.45) is 5.73. The minimum absolute atomic E-state index is 0.126. The van der Waals surface area contributed by atoms with Crippen LogP contribution in [0.1, 0.15) is 48.2 Å². The first kappa shape index (κ1) is 22.4. The van der Waals surface area contributed by atoms with Crippen LogP contribution in [0, 0.1) is 0 Å². The number of hydrogen-bond acceptors (Lipinski definition) is 3. The summed E-state index contributed by atoms with van der Waals surface area (Å²) in [6.45, 7) is 4.81. The summed E-state index contributed by atoms with van der Waals surface area (Å²) in [6, 6.07) is 19.0. The molecule has 3 aromatic rings. The smallest absolute Gasteiger partial charge is 0.270 e. The van der Waals surface area contributed by atoms with Crippen molar-refractivity contribution in [2.24, 2.45) is 0 Å². The highest BCUT2D eigenvalue weighted by Gasteiger charge is 2.19. The molecule has 0 atom stereocenters. The van der Waals surface area contributed by atoms with Gasteiger partial charge in [0.15, 0.2) is 0 Å². The molecule has 4 rings (SSSR count). The molecule has 1 aromatic heterocycles. The molecule has 1 aliphatic heterocycles. The lowest BCUT2D eigenvalue weighted by molar-refractivity contribution is 0.0741. The zero-order valence-corrected chi connectivity index (χ0v) is 19.5. The van der Waals surface area contributed by atoms with E-state index in [1.807, 2.05) is 20.2 Å². The third-order valence-corrected chi connectivity index (χ3v) is 6.44. The molecule has 5 heteroatoms. The predicted molar refractivity (Wildman–Crippen MR) is 133 cm³/mol. The van der Waals surface area contributed by atoms with E-state index in [1.54, 1.807) is 0 Å². The maximum atomic E-state index is 13.4. The van der Waals surface area contributed by atoms with Crippen molar-refractivity contribution in [3.63, 3.8) is 0 Å². The molecule has 0 radical (unpaired) electrons. The highest BCUT2D eigenvalue weighted by atomic mass is 16.2. The van der Waals surface area contributed by atoms with Crippen molar-refractivity contribution >= 4 is 22.5 Å². The van der Waals surface area contributed by atoms with Crippen molar-refractivity contribution in [2.75, 3.05) is 45.2 Å². The monoisotopic (exact) mass is 432 g/mol. The number of rotatable bonds is 4. The molecular formula is C27H36N4O. The Morgan fingerprint density at radius 2 is 1.59 bits per heavy atom. The van der Waals surface area contributed by atoms with Crippen LogP contribution < -0.4 is 4.90 Å². The summed E-state index contributed by atoms with van der Waals surface area (Å²) in [4.78, 5) is 23.4. The minimum atomic E-state index is 0.126. The molecule has 2 heterocycles. The van der Waals surface area contributed by atoms with Gasteiger partial charge in [-0.05, 0) is 49.6 Å². The lowest BCUT2D eigenvalue weighted by Gasteiger charge is -2.25. The average Bonchev–Trinajstić information content (AvgIpc) is 3.21. The van der Waals surface area contributed by atoms with Gasteiger partial charge in [0.25, 0.3) is 5.91 Å². The fourth-order valence-corrected chi connectivity index (χ4v) is 4.58. The molecular weight excluding hydrogens is 396 g/mol. The molecule has 32 heavy (non-hydrogen) atoms. The zero-order chi connectivity index (χ0) is 22.3. The summed E-state index contributed by atoms with van der Waals surface area (Å²) in [7, 11) is 4.07.